The molecule has 29 heavy (non-hydrogen) atoms. The molecule has 7 heteroatoms. The molecule has 1 fully saturated rings. The largest absolute Gasteiger partial charge is 0.481 e. The number of carboxylic acids is 1. The number of morpholine rings is 1. The van der Waals surface area contributed by atoms with E-state index in [1.165, 1.54) is 4.90 Å². The summed E-state index contributed by atoms with van der Waals surface area (Å²) in [4.78, 5) is 37.7. The van der Waals surface area contributed by atoms with Crippen LogP contribution in [0.3, 0.4) is 0 Å². The van der Waals surface area contributed by atoms with E-state index in [0.29, 0.717) is 13.0 Å². The fourth-order valence-corrected chi connectivity index (χ4v) is 3.34. The van der Waals surface area contributed by atoms with Crippen molar-refractivity contribution in [3.05, 3.63) is 71.8 Å². The van der Waals surface area contributed by atoms with Gasteiger partial charge in [0.1, 0.15) is 6.61 Å². The molecule has 2 aromatic rings. The van der Waals surface area contributed by atoms with Gasteiger partial charge in [-0.1, -0.05) is 60.7 Å². The van der Waals surface area contributed by atoms with Gasteiger partial charge in [-0.05, 0) is 17.5 Å². The van der Waals surface area contributed by atoms with Crippen LogP contribution in [0.1, 0.15) is 23.6 Å². The number of carbonyl (C=O) groups excluding carboxylic acids is 2. The molecule has 1 saturated heterocycles. The van der Waals surface area contributed by atoms with Gasteiger partial charge >= 0.3 is 5.97 Å². The monoisotopic (exact) mass is 396 g/mol. The van der Waals surface area contributed by atoms with Crippen LogP contribution in [0.2, 0.25) is 0 Å². The second-order valence-electron chi connectivity index (χ2n) is 6.89. The van der Waals surface area contributed by atoms with E-state index in [2.05, 4.69) is 5.32 Å². The van der Waals surface area contributed by atoms with E-state index in [1.807, 2.05) is 60.7 Å². The summed E-state index contributed by atoms with van der Waals surface area (Å²) in [5.41, 5.74) is 1.82. The topological polar surface area (TPSA) is 95.9 Å². The molecule has 1 aliphatic heterocycles. The Kier molecular flexibility index (Phi) is 6.97. The molecule has 0 spiro atoms. The van der Waals surface area contributed by atoms with Crippen LogP contribution in [-0.4, -0.2) is 53.6 Å². The molecule has 1 heterocycles. The Morgan fingerprint density at radius 3 is 2.34 bits per heavy atom. The molecule has 2 aromatic carbocycles. The predicted molar refractivity (Wildman–Crippen MR) is 106 cm³/mol. The number of nitrogens with one attached hydrogen (secondary N) is 1. The second-order valence-corrected chi connectivity index (χ2v) is 6.89. The third-order valence-electron chi connectivity index (χ3n) is 4.84. The maximum atomic E-state index is 13.3. The van der Waals surface area contributed by atoms with Crippen molar-refractivity contribution in [2.75, 3.05) is 19.7 Å². The molecular formula is C22H24N2O5. The summed E-state index contributed by atoms with van der Waals surface area (Å²) in [6, 6.07) is 18.2. The Balaban J connectivity index is 1.78. The predicted octanol–water partition coefficient (Wildman–Crippen LogP) is 1.79. The quantitative estimate of drug-likeness (QED) is 0.709. The second kappa shape index (κ2) is 9.84. The van der Waals surface area contributed by atoms with E-state index in [1.54, 1.807) is 0 Å². The highest BCUT2D eigenvalue weighted by molar-refractivity contribution is 5.86. The van der Waals surface area contributed by atoms with Crippen LogP contribution in [0.5, 0.6) is 0 Å². The normalized spacial score (nSPS) is 18.7. The minimum atomic E-state index is -0.972. The first-order chi connectivity index (χ1) is 14.0. The van der Waals surface area contributed by atoms with Gasteiger partial charge in [0.25, 0.3) is 5.91 Å². The molecule has 0 bridgehead atoms. The van der Waals surface area contributed by atoms with Crippen molar-refractivity contribution >= 4 is 17.8 Å². The summed E-state index contributed by atoms with van der Waals surface area (Å²) in [6.45, 7) is 0.243. The van der Waals surface area contributed by atoms with Gasteiger partial charge < -0.3 is 20.1 Å². The summed E-state index contributed by atoms with van der Waals surface area (Å²) >= 11 is 0. The standard InChI is InChI=1S/C22H24N2O5/c25-18-15-29-21(20(23-18)17-9-5-2-6-10-17)22(28)24(14-12-19(26)27)13-11-16-7-3-1-4-8-16/h1-10,20-21H,11-15H2,(H,23,25)(H,26,27)/t20-,21-/m1/s1. The van der Waals surface area contributed by atoms with Gasteiger partial charge in [0.2, 0.25) is 5.91 Å². The first-order valence-electron chi connectivity index (χ1n) is 9.55. The first kappa shape index (κ1) is 20.5. The Labute approximate surface area is 169 Å². The van der Waals surface area contributed by atoms with Crippen LogP contribution in [0.25, 0.3) is 0 Å². The molecule has 2 atom stereocenters. The van der Waals surface area contributed by atoms with E-state index < -0.39 is 18.1 Å². The number of hydrogen-bond acceptors (Lipinski definition) is 4. The lowest BCUT2D eigenvalue weighted by atomic mass is 9.98. The highest BCUT2D eigenvalue weighted by Crippen LogP contribution is 2.24. The maximum absolute atomic E-state index is 13.3. The fourth-order valence-electron chi connectivity index (χ4n) is 3.34. The van der Waals surface area contributed by atoms with E-state index in [0.717, 1.165) is 11.1 Å². The first-order valence-corrected chi connectivity index (χ1v) is 9.55. The molecule has 1 aliphatic rings. The Morgan fingerprint density at radius 1 is 1.03 bits per heavy atom. The van der Waals surface area contributed by atoms with Crippen LogP contribution in [0, 0.1) is 0 Å². The van der Waals surface area contributed by atoms with Gasteiger partial charge in [0.05, 0.1) is 12.5 Å². The Bertz CT molecular complexity index is 841. The van der Waals surface area contributed by atoms with E-state index in [9.17, 15) is 14.4 Å². The molecule has 0 aliphatic carbocycles. The molecule has 0 unspecified atom stereocenters. The number of aliphatic carboxylic acids is 1. The third-order valence-corrected chi connectivity index (χ3v) is 4.84. The third kappa shape index (κ3) is 5.65. The molecule has 152 valence electrons. The van der Waals surface area contributed by atoms with Crippen molar-refractivity contribution in [2.24, 2.45) is 0 Å². The summed E-state index contributed by atoms with van der Waals surface area (Å²) in [6.07, 6.45) is -0.462. The highest BCUT2D eigenvalue weighted by Gasteiger charge is 2.38. The van der Waals surface area contributed by atoms with Gasteiger partial charge in [-0.3, -0.25) is 14.4 Å². The summed E-state index contributed by atoms with van der Waals surface area (Å²) < 4.78 is 5.61. The molecule has 2 amide bonds. The number of amides is 2. The molecular weight excluding hydrogens is 372 g/mol. The highest BCUT2D eigenvalue weighted by atomic mass is 16.5. The lowest BCUT2D eigenvalue weighted by Crippen LogP contribution is -2.54. The summed E-state index contributed by atoms with van der Waals surface area (Å²) in [5.74, 6) is -1.58. The average molecular weight is 396 g/mol. The maximum Gasteiger partial charge on any atom is 0.305 e. The van der Waals surface area contributed by atoms with Crippen LogP contribution >= 0.6 is 0 Å². The number of nitrogens with zero attached hydrogens (tertiary/aromatic N) is 1. The molecule has 0 radical (unpaired) electrons. The zero-order valence-corrected chi connectivity index (χ0v) is 16.0. The van der Waals surface area contributed by atoms with Crippen molar-refractivity contribution in [3.8, 4) is 0 Å². The molecule has 0 aromatic heterocycles. The van der Waals surface area contributed by atoms with Crippen LogP contribution in [-0.2, 0) is 25.5 Å². The SMILES string of the molecule is O=C(O)CCN(CCc1ccccc1)C(=O)[C@@H]1OCC(=O)N[C@@H]1c1ccccc1. The minimum absolute atomic E-state index is 0.0797. The number of carbonyl (C=O) groups is 3. The van der Waals surface area contributed by atoms with Crippen molar-refractivity contribution in [1.29, 1.82) is 0 Å². The van der Waals surface area contributed by atoms with Gasteiger partial charge in [-0.15, -0.1) is 0 Å². The van der Waals surface area contributed by atoms with E-state index in [4.69, 9.17) is 9.84 Å². The van der Waals surface area contributed by atoms with Gasteiger partial charge in [0.15, 0.2) is 6.10 Å². The van der Waals surface area contributed by atoms with Crippen LogP contribution < -0.4 is 5.32 Å². The fraction of sp³-hybridized carbons (Fsp3) is 0.318. The number of ether oxygens (including phenoxy) is 1. The van der Waals surface area contributed by atoms with Gasteiger partial charge in [-0.25, -0.2) is 0 Å². The Hall–Kier alpha value is -3.19. The molecule has 0 saturated carbocycles. The van der Waals surface area contributed by atoms with Gasteiger partial charge in [0, 0.05) is 13.1 Å². The summed E-state index contributed by atoms with van der Waals surface area (Å²) in [5, 5.41) is 11.9. The molecule has 3 rings (SSSR count). The molecule has 7 nitrogen and oxygen atoms in total. The smallest absolute Gasteiger partial charge is 0.305 e. The van der Waals surface area contributed by atoms with Crippen molar-refractivity contribution in [3.63, 3.8) is 0 Å². The van der Waals surface area contributed by atoms with Crippen molar-refractivity contribution in [1.82, 2.24) is 10.2 Å². The van der Waals surface area contributed by atoms with Gasteiger partial charge in [-0.2, -0.15) is 0 Å². The number of benzene rings is 2. The zero-order chi connectivity index (χ0) is 20.6. The van der Waals surface area contributed by atoms with Crippen LogP contribution in [0.15, 0.2) is 60.7 Å². The number of hydrogen-bond donors (Lipinski definition) is 2. The van der Waals surface area contributed by atoms with E-state index >= 15 is 0 Å². The average Bonchev–Trinajstić information content (AvgIpc) is 2.74. The van der Waals surface area contributed by atoms with E-state index in [-0.39, 0.29) is 31.4 Å². The summed E-state index contributed by atoms with van der Waals surface area (Å²) in [7, 11) is 0. The lowest BCUT2D eigenvalue weighted by molar-refractivity contribution is -0.155. The lowest BCUT2D eigenvalue weighted by Gasteiger charge is -2.35. The number of rotatable bonds is 8. The minimum Gasteiger partial charge on any atom is -0.481 e. The van der Waals surface area contributed by atoms with Crippen molar-refractivity contribution in [2.45, 2.75) is 25.0 Å². The number of carboxylic acid groups (broad SMARTS) is 1. The Morgan fingerprint density at radius 2 is 1.69 bits per heavy atom. The van der Waals surface area contributed by atoms with Crippen molar-refractivity contribution < 1.29 is 24.2 Å². The zero-order valence-electron chi connectivity index (χ0n) is 16.0. The van der Waals surface area contributed by atoms with Crippen LogP contribution in [0.4, 0.5) is 0 Å². The molecule has 2 N–H and O–H groups in total.